The van der Waals surface area contributed by atoms with E-state index >= 15 is 0 Å². The molecule has 0 aliphatic heterocycles. The maximum absolute atomic E-state index is 14.1. The summed E-state index contributed by atoms with van der Waals surface area (Å²) in [6, 6.07) is 22.7. The average Bonchev–Trinajstić information content (AvgIpc) is 2.94. The number of amides is 2. The molecule has 3 aromatic rings. The van der Waals surface area contributed by atoms with Crippen molar-refractivity contribution in [1.29, 1.82) is 0 Å². The Kier molecular flexibility index (Phi) is 10.9. The first-order chi connectivity index (χ1) is 19.1. The van der Waals surface area contributed by atoms with E-state index in [0.717, 1.165) is 23.1 Å². The standard InChI is InChI=1S/C32H41N3O4S/c1-6-26(5)33-32(37)29(7-2)34(22-21-27-14-9-8-10-15-27)31(36)23-35(30-16-12-11-13-25(30)4)40(38,39)28-19-17-24(3)18-20-28/h8-20,26,29H,6-7,21-23H2,1-5H3,(H,33,37)/t26-,29+/m0/s1. The number of nitrogens with one attached hydrogen (secondary N) is 1. The van der Waals surface area contributed by atoms with Gasteiger partial charge in [0.15, 0.2) is 0 Å². The molecule has 0 saturated heterocycles. The van der Waals surface area contributed by atoms with E-state index < -0.39 is 28.5 Å². The van der Waals surface area contributed by atoms with Gasteiger partial charge < -0.3 is 10.2 Å². The lowest BCUT2D eigenvalue weighted by Crippen LogP contribution is -2.54. The molecule has 8 heteroatoms. The molecule has 0 fully saturated rings. The molecule has 0 spiro atoms. The van der Waals surface area contributed by atoms with Crippen LogP contribution in [-0.4, -0.2) is 50.3 Å². The van der Waals surface area contributed by atoms with Crippen molar-refractivity contribution in [2.45, 2.75) is 70.9 Å². The number of hydrogen-bond donors (Lipinski definition) is 1. The fourth-order valence-corrected chi connectivity index (χ4v) is 6.01. The number of hydrogen-bond acceptors (Lipinski definition) is 4. The van der Waals surface area contributed by atoms with E-state index in [1.807, 2.05) is 77.1 Å². The molecule has 0 saturated carbocycles. The predicted octanol–water partition coefficient (Wildman–Crippen LogP) is 5.26. The van der Waals surface area contributed by atoms with Gasteiger partial charge in [-0.15, -0.1) is 0 Å². The van der Waals surface area contributed by atoms with Crippen LogP contribution in [0.4, 0.5) is 5.69 Å². The summed E-state index contributed by atoms with van der Waals surface area (Å²) in [4.78, 5) is 29.1. The molecule has 1 N–H and O–H groups in total. The molecule has 0 unspecified atom stereocenters. The fourth-order valence-electron chi connectivity index (χ4n) is 4.53. The third kappa shape index (κ3) is 7.72. The Labute approximate surface area is 239 Å². The minimum atomic E-state index is -4.08. The second-order valence-corrected chi connectivity index (χ2v) is 12.0. The van der Waals surface area contributed by atoms with Crippen LogP contribution in [0.5, 0.6) is 0 Å². The molecule has 7 nitrogen and oxygen atoms in total. The molecule has 0 aliphatic rings. The largest absolute Gasteiger partial charge is 0.352 e. The number of anilines is 1. The Morgan fingerprint density at radius 3 is 2.08 bits per heavy atom. The number of rotatable bonds is 13. The van der Waals surface area contributed by atoms with Crippen LogP contribution in [0.3, 0.4) is 0 Å². The topological polar surface area (TPSA) is 86.8 Å². The molecule has 2 amide bonds. The molecule has 0 bridgehead atoms. The minimum absolute atomic E-state index is 0.0435. The van der Waals surface area contributed by atoms with Crippen molar-refractivity contribution in [1.82, 2.24) is 10.2 Å². The predicted molar refractivity (Wildman–Crippen MR) is 161 cm³/mol. The van der Waals surface area contributed by atoms with Gasteiger partial charge in [0.1, 0.15) is 12.6 Å². The van der Waals surface area contributed by atoms with E-state index in [1.54, 1.807) is 41.3 Å². The van der Waals surface area contributed by atoms with Crippen molar-refractivity contribution in [2.75, 3.05) is 17.4 Å². The van der Waals surface area contributed by atoms with Gasteiger partial charge in [0, 0.05) is 12.6 Å². The van der Waals surface area contributed by atoms with Crippen molar-refractivity contribution < 1.29 is 18.0 Å². The number of carbonyl (C=O) groups is 2. The maximum Gasteiger partial charge on any atom is 0.264 e. The van der Waals surface area contributed by atoms with E-state index in [4.69, 9.17) is 0 Å². The highest BCUT2D eigenvalue weighted by atomic mass is 32.2. The lowest BCUT2D eigenvalue weighted by atomic mass is 10.1. The van der Waals surface area contributed by atoms with Crippen LogP contribution in [0, 0.1) is 13.8 Å². The lowest BCUT2D eigenvalue weighted by molar-refractivity contribution is -0.139. The number of sulfonamides is 1. The maximum atomic E-state index is 14.1. The Balaban J connectivity index is 2.02. The summed E-state index contributed by atoms with van der Waals surface area (Å²) in [6.45, 7) is 9.34. The van der Waals surface area contributed by atoms with Gasteiger partial charge >= 0.3 is 0 Å². The van der Waals surface area contributed by atoms with E-state index in [-0.39, 0.29) is 23.4 Å². The van der Waals surface area contributed by atoms with Crippen LogP contribution in [0.1, 0.15) is 50.3 Å². The summed E-state index contributed by atoms with van der Waals surface area (Å²) in [5.41, 5.74) is 3.11. The molecule has 0 heterocycles. The van der Waals surface area contributed by atoms with Gasteiger partial charge in [0.25, 0.3) is 10.0 Å². The molecule has 2 atom stereocenters. The minimum Gasteiger partial charge on any atom is -0.352 e. The number of carbonyl (C=O) groups excluding carboxylic acids is 2. The second kappa shape index (κ2) is 14.1. The first kappa shape index (κ1) is 30.9. The first-order valence-electron chi connectivity index (χ1n) is 13.9. The van der Waals surface area contributed by atoms with Crippen LogP contribution in [0.25, 0.3) is 0 Å². The molecular formula is C32H41N3O4S. The van der Waals surface area contributed by atoms with Crippen LogP contribution < -0.4 is 9.62 Å². The van der Waals surface area contributed by atoms with Gasteiger partial charge in [-0.3, -0.25) is 13.9 Å². The fraction of sp³-hybridized carbons (Fsp3) is 0.375. The Morgan fingerprint density at radius 2 is 1.48 bits per heavy atom. The van der Waals surface area contributed by atoms with E-state index in [1.165, 1.54) is 4.31 Å². The highest BCUT2D eigenvalue weighted by molar-refractivity contribution is 7.92. The third-order valence-electron chi connectivity index (χ3n) is 7.14. The molecule has 0 aromatic heterocycles. The summed E-state index contributed by atoms with van der Waals surface area (Å²) < 4.78 is 29.1. The lowest BCUT2D eigenvalue weighted by Gasteiger charge is -2.34. The molecular weight excluding hydrogens is 522 g/mol. The van der Waals surface area contributed by atoms with Crippen molar-refractivity contribution in [3.8, 4) is 0 Å². The second-order valence-electron chi connectivity index (χ2n) is 10.2. The Morgan fingerprint density at radius 1 is 0.850 bits per heavy atom. The highest BCUT2D eigenvalue weighted by Crippen LogP contribution is 2.27. The van der Waals surface area contributed by atoms with Gasteiger partial charge in [-0.2, -0.15) is 0 Å². The van der Waals surface area contributed by atoms with Crippen LogP contribution in [0.15, 0.2) is 83.8 Å². The van der Waals surface area contributed by atoms with Gasteiger partial charge in [0.05, 0.1) is 10.6 Å². The van der Waals surface area contributed by atoms with Gasteiger partial charge in [-0.05, 0) is 69.4 Å². The monoisotopic (exact) mass is 563 g/mol. The zero-order chi connectivity index (χ0) is 29.3. The number of benzene rings is 3. The quantitative estimate of drug-likeness (QED) is 0.307. The Bertz CT molecular complexity index is 1370. The van der Waals surface area contributed by atoms with E-state index in [2.05, 4.69) is 5.32 Å². The number of nitrogens with zero attached hydrogens (tertiary/aromatic N) is 2. The first-order valence-corrected chi connectivity index (χ1v) is 15.3. The van der Waals surface area contributed by atoms with Gasteiger partial charge in [-0.25, -0.2) is 8.42 Å². The number of aryl methyl sites for hydroxylation is 2. The zero-order valence-corrected chi connectivity index (χ0v) is 24.9. The van der Waals surface area contributed by atoms with Crippen molar-refractivity contribution >= 4 is 27.5 Å². The normalized spacial score (nSPS) is 12.8. The molecule has 40 heavy (non-hydrogen) atoms. The highest BCUT2D eigenvalue weighted by Gasteiger charge is 2.34. The summed E-state index contributed by atoms with van der Waals surface area (Å²) in [7, 11) is -4.08. The number of para-hydroxylation sites is 1. The van der Waals surface area contributed by atoms with Gasteiger partial charge in [-0.1, -0.05) is 80.1 Å². The average molecular weight is 564 g/mol. The third-order valence-corrected chi connectivity index (χ3v) is 8.92. The van der Waals surface area contributed by atoms with Crippen molar-refractivity contribution in [3.05, 3.63) is 95.6 Å². The molecule has 3 rings (SSSR count). The SMILES string of the molecule is CC[C@H](C(=O)N[C@@H](C)CC)N(CCc1ccccc1)C(=O)CN(c1ccccc1C)S(=O)(=O)c1ccc(C)cc1. The summed E-state index contributed by atoms with van der Waals surface area (Å²) >= 11 is 0. The smallest absolute Gasteiger partial charge is 0.264 e. The van der Waals surface area contributed by atoms with Crippen molar-refractivity contribution in [3.63, 3.8) is 0 Å². The van der Waals surface area contributed by atoms with Crippen LogP contribution in [-0.2, 0) is 26.0 Å². The summed E-state index contributed by atoms with van der Waals surface area (Å²) in [5.74, 6) is -0.664. The Hall–Kier alpha value is -3.65. The molecule has 3 aromatic carbocycles. The summed E-state index contributed by atoms with van der Waals surface area (Å²) in [6.07, 6.45) is 1.70. The zero-order valence-electron chi connectivity index (χ0n) is 24.1. The molecule has 0 radical (unpaired) electrons. The van der Waals surface area contributed by atoms with Crippen LogP contribution >= 0.6 is 0 Å². The van der Waals surface area contributed by atoms with Crippen molar-refractivity contribution in [2.24, 2.45) is 0 Å². The van der Waals surface area contributed by atoms with Crippen LogP contribution in [0.2, 0.25) is 0 Å². The van der Waals surface area contributed by atoms with E-state index in [0.29, 0.717) is 18.5 Å². The van der Waals surface area contributed by atoms with E-state index in [9.17, 15) is 18.0 Å². The molecule has 0 aliphatic carbocycles. The summed E-state index contributed by atoms with van der Waals surface area (Å²) in [5, 5.41) is 3.00. The van der Waals surface area contributed by atoms with Gasteiger partial charge in [0.2, 0.25) is 11.8 Å². The molecule has 214 valence electrons.